The van der Waals surface area contributed by atoms with Crippen LogP contribution in [-0.4, -0.2) is 29.8 Å². The van der Waals surface area contributed by atoms with Crippen molar-refractivity contribution < 1.29 is 14.6 Å². The number of carbonyl (C=O) groups excluding carboxylic acids is 1. The van der Waals surface area contributed by atoms with E-state index in [-0.39, 0.29) is 5.91 Å². The van der Waals surface area contributed by atoms with E-state index < -0.39 is 5.60 Å². The highest BCUT2D eigenvalue weighted by Crippen LogP contribution is 2.27. The lowest BCUT2D eigenvalue weighted by Gasteiger charge is -2.32. The summed E-state index contributed by atoms with van der Waals surface area (Å²) in [6.45, 7) is 0.690. The van der Waals surface area contributed by atoms with E-state index >= 15 is 0 Å². The highest BCUT2D eigenvalue weighted by Gasteiger charge is 2.29. The lowest BCUT2D eigenvalue weighted by molar-refractivity contribution is -0.123. The molecule has 1 aliphatic carbocycles. The Morgan fingerprint density at radius 1 is 1.24 bits per heavy atom. The van der Waals surface area contributed by atoms with Gasteiger partial charge in [-0.25, -0.2) is 0 Å². The Morgan fingerprint density at radius 2 is 1.90 bits per heavy atom. The van der Waals surface area contributed by atoms with Crippen LogP contribution in [0.5, 0.6) is 5.75 Å². The second kappa shape index (κ2) is 7.80. The Hall–Kier alpha value is -1.07. The molecule has 1 aromatic rings. The van der Waals surface area contributed by atoms with Gasteiger partial charge in [-0.1, -0.05) is 35.2 Å². The van der Waals surface area contributed by atoms with E-state index in [1.54, 1.807) is 0 Å². The fraction of sp³-hybridized carbons (Fsp3) is 0.562. The number of rotatable bonds is 6. The Morgan fingerprint density at radius 3 is 2.57 bits per heavy atom. The van der Waals surface area contributed by atoms with Gasteiger partial charge >= 0.3 is 0 Å². The number of hydrogen-bond acceptors (Lipinski definition) is 3. The molecule has 21 heavy (non-hydrogen) atoms. The number of benzene rings is 1. The van der Waals surface area contributed by atoms with Crippen molar-refractivity contribution in [1.29, 1.82) is 0 Å². The van der Waals surface area contributed by atoms with Gasteiger partial charge in [0.1, 0.15) is 5.75 Å². The average molecular weight is 356 g/mol. The second-order valence-electron chi connectivity index (χ2n) is 5.61. The highest BCUT2D eigenvalue weighted by atomic mass is 79.9. The summed E-state index contributed by atoms with van der Waals surface area (Å²) < 4.78 is 6.50. The van der Waals surface area contributed by atoms with Crippen LogP contribution in [0.15, 0.2) is 28.7 Å². The van der Waals surface area contributed by atoms with Crippen molar-refractivity contribution in [2.24, 2.45) is 0 Å². The molecule has 2 N–H and O–H groups in total. The molecular weight excluding hydrogens is 334 g/mol. The standard InChI is InChI=1S/C16H22BrNO3/c17-13-4-6-14(7-5-13)21-11-8-15(19)18-12-16(20)9-2-1-3-10-16/h4-7,20H,1-3,8-12H2,(H,18,19). The molecule has 1 aromatic carbocycles. The number of carbonyl (C=O) groups is 1. The SMILES string of the molecule is O=C(CCOc1ccc(Br)cc1)NCC1(O)CCCCC1. The molecule has 0 atom stereocenters. The van der Waals surface area contributed by atoms with Crippen LogP contribution in [0.1, 0.15) is 38.5 Å². The van der Waals surface area contributed by atoms with Crippen molar-refractivity contribution in [2.75, 3.05) is 13.2 Å². The highest BCUT2D eigenvalue weighted by molar-refractivity contribution is 9.10. The van der Waals surface area contributed by atoms with Gasteiger partial charge in [0.15, 0.2) is 0 Å². The minimum absolute atomic E-state index is 0.0777. The minimum atomic E-state index is -0.708. The molecule has 0 unspecified atom stereocenters. The molecule has 116 valence electrons. The van der Waals surface area contributed by atoms with Gasteiger partial charge in [-0.05, 0) is 37.1 Å². The monoisotopic (exact) mass is 355 g/mol. The average Bonchev–Trinajstić information content (AvgIpc) is 2.48. The summed E-state index contributed by atoms with van der Waals surface area (Å²) in [7, 11) is 0. The van der Waals surface area contributed by atoms with Crippen LogP contribution >= 0.6 is 15.9 Å². The van der Waals surface area contributed by atoms with Gasteiger partial charge in [-0.2, -0.15) is 0 Å². The fourth-order valence-electron chi connectivity index (χ4n) is 2.53. The van der Waals surface area contributed by atoms with E-state index in [0.717, 1.165) is 35.9 Å². The van der Waals surface area contributed by atoms with Crippen LogP contribution in [0.3, 0.4) is 0 Å². The zero-order chi connectivity index (χ0) is 15.1. The predicted molar refractivity (Wildman–Crippen MR) is 85.3 cm³/mol. The first-order valence-corrected chi connectivity index (χ1v) is 8.24. The molecule has 1 saturated carbocycles. The van der Waals surface area contributed by atoms with Crippen LogP contribution in [0.2, 0.25) is 0 Å². The van der Waals surface area contributed by atoms with E-state index in [9.17, 15) is 9.90 Å². The smallest absolute Gasteiger partial charge is 0.223 e. The zero-order valence-corrected chi connectivity index (χ0v) is 13.7. The summed E-state index contributed by atoms with van der Waals surface area (Å²) in [5.74, 6) is 0.669. The maximum atomic E-state index is 11.8. The fourth-order valence-corrected chi connectivity index (χ4v) is 2.79. The Bertz CT molecular complexity index is 455. The molecule has 0 radical (unpaired) electrons. The number of nitrogens with one attached hydrogen (secondary N) is 1. The molecule has 1 aliphatic rings. The van der Waals surface area contributed by atoms with Crippen LogP contribution in [0.4, 0.5) is 0 Å². The first kappa shape index (κ1) is 16.3. The molecule has 0 saturated heterocycles. The summed E-state index contributed by atoms with van der Waals surface area (Å²) >= 11 is 3.36. The van der Waals surface area contributed by atoms with Gasteiger partial charge in [-0.15, -0.1) is 0 Å². The van der Waals surface area contributed by atoms with Crippen molar-refractivity contribution in [2.45, 2.75) is 44.1 Å². The van der Waals surface area contributed by atoms with Gasteiger partial charge in [0.05, 0.1) is 18.6 Å². The van der Waals surface area contributed by atoms with Gasteiger partial charge in [0.2, 0.25) is 5.91 Å². The van der Waals surface area contributed by atoms with E-state index in [2.05, 4.69) is 21.2 Å². The topological polar surface area (TPSA) is 58.6 Å². The maximum Gasteiger partial charge on any atom is 0.223 e. The predicted octanol–water partition coefficient (Wildman–Crippen LogP) is 3.03. The number of aliphatic hydroxyl groups is 1. The molecule has 0 heterocycles. The number of halogens is 1. The Labute approximate surface area is 134 Å². The molecule has 0 aliphatic heterocycles. The van der Waals surface area contributed by atoms with E-state index in [1.807, 2.05) is 24.3 Å². The Kier molecular flexibility index (Phi) is 6.06. The van der Waals surface area contributed by atoms with Crippen molar-refractivity contribution in [3.8, 4) is 5.75 Å². The molecule has 1 fully saturated rings. The second-order valence-corrected chi connectivity index (χ2v) is 6.53. The first-order chi connectivity index (χ1) is 10.1. The third-order valence-corrected chi connectivity index (χ3v) is 4.34. The van der Waals surface area contributed by atoms with Gasteiger partial charge in [0.25, 0.3) is 0 Å². The molecule has 0 spiro atoms. The number of ether oxygens (including phenoxy) is 1. The van der Waals surface area contributed by atoms with E-state index in [1.165, 1.54) is 6.42 Å². The summed E-state index contributed by atoms with van der Waals surface area (Å²) in [5, 5.41) is 13.1. The van der Waals surface area contributed by atoms with Crippen LogP contribution in [0.25, 0.3) is 0 Å². The maximum absolute atomic E-state index is 11.8. The summed E-state index contributed by atoms with van der Waals surface area (Å²) in [5.41, 5.74) is -0.708. The third kappa shape index (κ3) is 5.67. The minimum Gasteiger partial charge on any atom is -0.493 e. The normalized spacial score (nSPS) is 17.2. The molecule has 5 heteroatoms. The molecule has 4 nitrogen and oxygen atoms in total. The number of amides is 1. The first-order valence-electron chi connectivity index (χ1n) is 7.45. The van der Waals surface area contributed by atoms with Crippen molar-refractivity contribution >= 4 is 21.8 Å². The quantitative estimate of drug-likeness (QED) is 0.824. The largest absolute Gasteiger partial charge is 0.493 e. The van der Waals surface area contributed by atoms with Crippen molar-refractivity contribution in [1.82, 2.24) is 5.32 Å². The molecule has 0 aromatic heterocycles. The summed E-state index contributed by atoms with van der Waals surface area (Å²) in [6.07, 6.45) is 5.12. The Balaban J connectivity index is 1.64. The van der Waals surface area contributed by atoms with Gasteiger partial charge < -0.3 is 15.2 Å². The molecule has 0 bridgehead atoms. The number of hydrogen-bond donors (Lipinski definition) is 2. The lowest BCUT2D eigenvalue weighted by atomic mass is 9.85. The molecule has 2 rings (SSSR count). The van der Waals surface area contributed by atoms with Crippen molar-refractivity contribution in [3.63, 3.8) is 0 Å². The zero-order valence-electron chi connectivity index (χ0n) is 12.1. The van der Waals surface area contributed by atoms with Crippen LogP contribution in [0, 0.1) is 0 Å². The van der Waals surface area contributed by atoms with Gasteiger partial charge in [0, 0.05) is 11.0 Å². The van der Waals surface area contributed by atoms with E-state index in [4.69, 9.17) is 4.74 Å². The van der Waals surface area contributed by atoms with Crippen LogP contribution < -0.4 is 10.1 Å². The lowest BCUT2D eigenvalue weighted by Crippen LogP contribution is -2.44. The van der Waals surface area contributed by atoms with Crippen LogP contribution in [-0.2, 0) is 4.79 Å². The summed E-state index contributed by atoms with van der Waals surface area (Å²) in [4.78, 5) is 11.8. The molecular formula is C16H22BrNO3. The van der Waals surface area contributed by atoms with Crippen molar-refractivity contribution in [3.05, 3.63) is 28.7 Å². The van der Waals surface area contributed by atoms with E-state index in [0.29, 0.717) is 19.6 Å². The van der Waals surface area contributed by atoms with Gasteiger partial charge in [-0.3, -0.25) is 4.79 Å². The molecule has 1 amide bonds. The third-order valence-electron chi connectivity index (χ3n) is 3.81. The summed E-state index contributed by atoms with van der Waals surface area (Å²) in [6, 6.07) is 7.50.